The molecule has 0 radical (unpaired) electrons. The van der Waals surface area contributed by atoms with Gasteiger partial charge in [-0.15, -0.1) is 12.4 Å². The van der Waals surface area contributed by atoms with Gasteiger partial charge in [-0.25, -0.2) is 17.5 Å². The van der Waals surface area contributed by atoms with Crippen molar-refractivity contribution in [2.75, 3.05) is 13.1 Å². The molecule has 2 rings (SSSR count). The maximum Gasteiger partial charge on any atom is 0.243 e. The number of hydrogen-bond donors (Lipinski definition) is 2. The van der Waals surface area contributed by atoms with E-state index in [1.54, 1.807) is 0 Å². The van der Waals surface area contributed by atoms with Crippen molar-refractivity contribution in [2.45, 2.75) is 17.4 Å². The quantitative estimate of drug-likeness (QED) is 0.828. The van der Waals surface area contributed by atoms with Gasteiger partial charge >= 0.3 is 0 Å². The molecule has 0 spiro atoms. The zero-order valence-corrected chi connectivity index (χ0v) is 13.6. The number of benzene rings is 1. The van der Waals surface area contributed by atoms with Crippen LogP contribution in [0.1, 0.15) is 6.42 Å². The van der Waals surface area contributed by atoms with Crippen LogP contribution >= 0.6 is 39.9 Å². The Balaban J connectivity index is 0.00000180. The van der Waals surface area contributed by atoms with Crippen molar-refractivity contribution in [1.82, 2.24) is 10.0 Å². The lowest BCUT2D eigenvalue weighted by Gasteiger charge is -2.14. The highest BCUT2D eigenvalue weighted by Crippen LogP contribution is 2.30. The van der Waals surface area contributed by atoms with Crippen molar-refractivity contribution < 1.29 is 12.8 Å². The number of sulfonamides is 1. The van der Waals surface area contributed by atoms with Gasteiger partial charge in [0.1, 0.15) is 10.7 Å². The second kappa shape index (κ2) is 6.69. The number of halogens is 4. The molecule has 1 fully saturated rings. The third-order valence-corrected chi connectivity index (χ3v) is 5.53. The zero-order valence-electron chi connectivity index (χ0n) is 9.62. The summed E-state index contributed by atoms with van der Waals surface area (Å²) in [5, 5.41) is 2.91. The fourth-order valence-electron chi connectivity index (χ4n) is 1.82. The van der Waals surface area contributed by atoms with Crippen LogP contribution in [0.2, 0.25) is 5.02 Å². The minimum absolute atomic E-state index is 0. The lowest BCUT2D eigenvalue weighted by Crippen LogP contribution is -2.36. The van der Waals surface area contributed by atoms with Crippen molar-refractivity contribution in [3.63, 3.8) is 0 Å². The molecule has 1 aliphatic rings. The van der Waals surface area contributed by atoms with E-state index in [-0.39, 0.29) is 32.8 Å². The molecule has 4 nitrogen and oxygen atoms in total. The first kappa shape index (κ1) is 17.1. The summed E-state index contributed by atoms with van der Waals surface area (Å²) in [6.45, 7) is 1.35. The standard InChI is InChI=1S/C10H11BrClFN2O2S.ClH/c11-8-3-6(13)4-9(12)10(8)18(16,17)15-7-1-2-14-5-7;/h3-4,7,14-15H,1-2,5H2;1H. The van der Waals surface area contributed by atoms with Gasteiger partial charge in [0.25, 0.3) is 0 Å². The van der Waals surface area contributed by atoms with Crippen LogP contribution in [0.5, 0.6) is 0 Å². The molecule has 2 N–H and O–H groups in total. The molecular weight excluding hydrogens is 382 g/mol. The van der Waals surface area contributed by atoms with E-state index in [1.807, 2.05) is 0 Å². The molecule has 0 saturated carbocycles. The van der Waals surface area contributed by atoms with Crippen LogP contribution in [0.3, 0.4) is 0 Å². The van der Waals surface area contributed by atoms with Gasteiger partial charge in [-0.1, -0.05) is 11.6 Å². The van der Waals surface area contributed by atoms with Gasteiger partial charge in [0, 0.05) is 17.1 Å². The molecule has 108 valence electrons. The third kappa shape index (κ3) is 4.03. The highest BCUT2D eigenvalue weighted by atomic mass is 79.9. The van der Waals surface area contributed by atoms with Crippen LogP contribution in [0, 0.1) is 5.82 Å². The van der Waals surface area contributed by atoms with E-state index in [2.05, 4.69) is 26.0 Å². The van der Waals surface area contributed by atoms with E-state index in [0.717, 1.165) is 25.1 Å². The van der Waals surface area contributed by atoms with E-state index in [9.17, 15) is 12.8 Å². The predicted molar refractivity (Wildman–Crippen MR) is 78.0 cm³/mol. The van der Waals surface area contributed by atoms with E-state index in [1.165, 1.54) is 0 Å². The normalized spacial score (nSPS) is 19.2. The van der Waals surface area contributed by atoms with Crippen LogP contribution in [-0.2, 0) is 10.0 Å². The minimum atomic E-state index is -3.76. The van der Waals surface area contributed by atoms with Gasteiger partial charge in [-0.2, -0.15) is 0 Å². The Kier molecular flexibility index (Phi) is 6.03. The van der Waals surface area contributed by atoms with Crippen LogP contribution in [-0.4, -0.2) is 27.5 Å². The largest absolute Gasteiger partial charge is 0.315 e. The lowest BCUT2D eigenvalue weighted by molar-refractivity contribution is 0.559. The third-order valence-electron chi connectivity index (χ3n) is 2.61. The Morgan fingerprint density at radius 3 is 2.68 bits per heavy atom. The number of nitrogens with one attached hydrogen (secondary N) is 2. The molecule has 0 aliphatic carbocycles. The molecule has 1 aromatic rings. The van der Waals surface area contributed by atoms with Crippen LogP contribution in [0.4, 0.5) is 4.39 Å². The Bertz CT molecular complexity index is 542. The van der Waals surface area contributed by atoms with E-state index < -0.39 is 15.8 Å². The van der Waals surface area contributed by atoms with Gasteiger partial charge in [0.2, 0.25) is 10.0 Å². The van der Waals surface area contributed by atoms with Crippen molar-refractivity contribution in [3.05, 3.63) is 27.4 Å². The molecule has 1 atom stereocenters. The Morgan fingerprint density at radius 2 is 2.16 bits per heavy atom. The van der Waals surface area contributed by atoms with Gasteiger partial charge in [0.15, 0.2) is 0 Å². The first-order valence-corrected chi connectivity index (χ1v) is 7.93. The molecule has 9 heteroatoms. The van der Waals surface area contributed by atoms with Gasteiger partial charge < -0.3 is 5.32 Å². The number of rotatable bonds is 3. The molecule has 0 amide bonds. The molecular formula is C10H12BrCl2FN2O2S. The summed E-state index contributed by atoms with van der Waals surface area (Å²) in [5.41, 5.74) is 0. The van der Waals surface area contributed by atoms with Gasteiger partial charge in [0.05, 0.1) is 5.02 Å². The zero-order chi connectivity index (χ0) is 13.3. The summed E-state index contributed by atoms with van der Waals surface area (Å²) in [5.74, 6) is -0.589. The average Bonchev–Trinajstić information content (AvgIpc) is 2.66. The summed E-state index contributed by atoms with van der Waals surface area (Å²) < 4.78 is 40.1. The van der Waals surface area contributed by atoms with E-state index >= 15 is 0 Å². The highest BCUT2D eigenvalue weighted by Gasteiger charge is 2.27. The van der Waals surface area contributed by atoms with E-state index in [4.69, 9.17) is 11.6 Å². The van der Waals surface area contributed by atoms with Crippen molar-refractivity contribution in [1.29, 1.82) is 0 Å². The van der Waals surface area contributed by atoms with Crippen LogP contribution in [0.25, 0.3) is 0 Å². The van der Waals surface area contributed by atoms with E-state index in [0.29, 0.717) is 6.54 Å². The highest BCUT2D eigenvalue weighted by molar-refractivity contribution is 9.10. The van der Waals surface area contributed by atoms with Gasteiger partial charge in [-0.05, 0) is 41.0 Å². The Labute approximate surface area is 130 Å². The molecule has 1 saturated heterocycles. The fourth-order valence-corrected chi connectivity index (χ4v) is 4.90. The monoisotopic (exact) mass is 392 g/mol. The summed E-state index contributed by atoms with van der Waals surface area (Å²) in [7, 11) is -3.76. The summed E-state index contributed by atoms with van der Waals surface area (Å²) in [4.78, 5) is -0.127. The summed E-state index contributed by atoms with van der Waals surface area (Å²) in [6, 6.07) is 1.89. The molecule has 0 aromatic heterocycles. The maximum absolute atomic E-state index is 13.1. The fraction of sp³-hybridized carbons (Fsp3) is 0.400. The number of hydrogen-bond acceptors (Lipinski definition) is 3. The smallest absolute Gasteiger partial charge is 0.243 e. The molecule has 1 unspecified atom stereocenters. The van der Waals surface area contributed by atoms with Crippen LogP contribution < -0.4 is 10.0 Å². The summed E-state index contributed by atoms with van der Waals surface area (Å²) in [6.07, 6.45) is 0.718. The Morgan fingerprint density at radius 1 is 1.47 bits per heavy atom. The SMILES string of the molecule is Cl.O=S(=O)(NC1CCNC1)c1c(Cl)cc(F)cc1Br. The van der Waals surface area contributed by atoms with Crippen molar-refractivity contribution >= 4 is 50.0 Å². The Hall–Kier alpha value is 0.0800. The first-order chi connectivity index (χ1) is 8.40. The molecule has 19 heavy (non-hydrogen) atoms. The molecule has 0 bridgehead atoms. The second-order valence-corrected chi connectivity index (χ2v) is 6.92. The molecule has 1 aromatic carbocycles. The predicted octanol–water partition coefficient (Wildman–Crippen LogP) is 2.30. The summed E-state index contributed by atoms with van der Waals surface area (Å²) >= 11 is 8.82. The topological polar surface area (TPSA) is 58.2 Å². The lowest BCUT2D eigenvalue weighted by atomic mass is 10.3. The molecule has 1 heterocycles. The second-order valence-electron chi connectivity index (χ2n) is 4.01. The first-order valence-electron chi connectivity index (χ1n) is 5.28. The van der Waals surface area contributed by atoms with Crippen molar-refractivity contribution in [2.24, 2.45) is 0 Å². The maximum atomic E-state index is 13.1. The molecule has 1 aliphatic heterocycles. The minimum Gasteiger partial charge on any atom is -0.315 e. The van der Waals surface area contributed by atoms with Crippen molar-refractivity contribution in [3.8, 4) is 0 Å². The van der Waals surface area contributed by atoms with Crippen LogP contribution in [0.15, 0.2) is 21.5 Å². The average molecular weight is 394 g/mol. The van der Waals surface area contributed by atoms with Gasteiger partial charge in [-0.3, -0.25) is 0 Å².